The highest BCUT2D eigenvalue weighted by atomic mass is 16.5. The second-order valence-corrected chi connectivity index (χ2v) is 10.6. The van der Waals surface area contributed by atoms with E-state index in [0.29, 0.717) is 35.4 Å². The van der Waals surface area contributed by atoms with Crippen LogP contribution in [0, 0.1) is 6.92 Å². The minimum absolute atomic E-state index is 0.0508. The number of fused-ring (bicyclic) bond motifs is 1. The van der Waals surface area contributed by atoms with E-state index in [1.54, 1.807) is 31.5 Å². The van der Waals surface area contributed by atoms with Crippen molar-refractivity contribution < 1.29 is 14.3 Å². The van der Waals surface area contributed by atoms with Gasteiger partial charge in [-0.3, -0.25) is 14.5 Å². The van der Waals surface area contributed by atoms with Crippen molar-refractivity contribution in [2.24, 2.45) is 7.05 Å². The summed E-state index contributed by atoms with van der Waals surface area (Å²) in [4.78, 5) is 25.0. The molecule has 0 amide bonds. The summed E-state index contributed by atoms with van der Waals surface area (Å²) >= 11 is 0. The molecule has 0 bridgehead atoms. The molecule has 10 heteroatoms. The second kappa shape index (κ2) is 9.59. The minimum atomic E-state index is -0.0660. The monoisotopic (exact) mass is 503 g/mol. The highest BCUT2D eigenvalue weighted by molar-refractivity contribution is 5.81. The van der Waals surface area contributed by atoms with Gasteiger partial charge in [0.2, 0.25) is 5.95 Å². The predicted molar refractivity (Wildman–Crippen MR) is 141 cm³/mol. The van der Waals surface area contributed by atoms with E-state index in [4.69, 9.17) is 19.6 Å². The summed E-state index contributed by atoms with van der Waals surface area (Å²) in [7, 11) is 1.94. The van der Waals surface area contributed by atoms with Crippen molar-refractivity contribution in [2.45, 2.75) is 58.9 Å². The van der Waals surface area contributed by atoms with Gasteiger partial charge in [-0.05, 0) is 26.3 Å². The largest absolute Gasteiger partial charge is 0.455 e. The van der Waals surface area contributed by atoms with Crippen LogP contribution in [0.3, 0.4) is 0 Å². The molecule has 5 rings (SSSR count). The molecule has 0 radical (unpaired) electrons. The van der Waals surface area contributed by atoms with Crippen molar-refractivity contribution in [1.29, 1.82) is 0 Å². The Morgan fingerprint density at radius 2 is 2.08 bits per heavy atom. The lowest BCUT2D eigenvalue weighted by atomic mass is 9.91. The number of imidazole rings is 1. The van der Waals surface area contributed by atoms with Crippen LogP contribution in [-0.4, -0.2) is 48.3 Å². The van der Waals surface area contributed by atoms with Crippen LogP contribution < -0.4 is 10.1 Å². The molecule has 37 heavy (non-hydrogen) atoms. The quantitative estimate of drug-likeness (QED) is 0.383. The number of aryl methyl sites for hydroxylation is 2. The maximum Gasteiger partial charge on any atom is 0.210 e. The third-order valence-corrected chi connectivity index (χ3v) is 6.55. The fraction of sp³-hybridized carbons (Fsp3) is 0.444. The number of pyridine rings is 2. The Labute approximate surface area is 216 Å². The molecule has 0 spiro atoms. The first-order valence-corrected chi connectivity index (χ1v) is 12.5. The minimum Gasteiger partial charge on any atom is -0.455 e. The van der Waals surface area contributed by atoms with Gasteiger partial charge in [-0.2, -0.15) is 10.1 Å². The van der Waals surface area contributed by atoms with Crippen LogP contribution in [-0.2, 0) is 28.4 Å². The maximum absolute atomic E-state index is 11.5. The Hall–Kier alpha value is -3.79. The molecule has 1 aliphatic heterocycles. The molecule has 1 aliphatic rings. The molecular weight excluding hydrogens is 470 g/mol. The predicted octanol–water partition coefficient (Wildman–Crippen LogP) is 4.79. The van der Waals surface area contributed by atoms with Crippen LogP contribution in [0.25, 0.3) is 11.2 Å². The number of Topliss-reactive ketones (excluding diaryl/α,β-unsaturated/α-hetero) is 1. The molecule has 0 aliphatic carbocycles. The van der Waals surface area contributed by atoms with Crippen LogP contribution in [0.15, 0.2) is 30.6 Å². The molecule has 194 valence electrons. The summed E-state index contributed by atoms with van der Waals surface area (Å²) in [6.45, 7) is 11.5. The van der Waals surface area contributed by atoms with Crippen LogP contribution >= 0.6 is 0 Å². The van der Waals surface area contributed by atoms with E-state index in [1.165, 1.54) is 0 Å². The molecule has 1 saturated heterocycles. The fourth-order valence-corrected chi connectivity index (χ4v) is 4.66. The number of anilines is 2. The van der Waals surface area contributed by atoms with Crippen molar-refractivity contribution in [3.63, 3.8) is 0 Å². The highest BCUT2D eigenvalue weighted by Crippen LogP contribution is 2.33. The number of ether oxygens (including phenoxy) is 2. The van der Waals surface area contributed by atoms with Gasteiger partial charge < -0.3 is 19.4 Å². The lowest BCUT2D eigenvalue weighted by molar-refractivity contribution is -0.116. The van der Waals surface area contributed by atoms with Crippen molar-refractivity contribution in [1.82, 2.24) is 29.3 Å². The molecule has 0 saturated carbocycles. The molecule has 5 heterocycles. The van der Waals surface area contributed by atoms with Gasteiger partial charge in [0.15, 0.2) is 17.2 Å². The molecule has 0 aromatic carbocycles. The Bertz CT molecular complexity index is 1460. The maximum atomic E-state index is 11.5. The molecule has 10 nitrogen and oxygen atoms in total. The molecule has 1 N–H and O–H groups in total. The summed E-state index contributed by atoms with van der Waals surface area (Å²) in [5.74, 6) is 2.65. The van der Waals surface area contributed by atoms with E-state index in [9.17, 15) is 4.79 Å². The SMILES string of the molecule is CC(=O)Cc1cc(Oc2cnc3nc(Nc4cc(C(C)(C)C)n([C@@H]5CCOC5)n4)n(C)c3c2C)ccn1. The number of hydrogen-bond donors (Lipinski definition) is 1. The Morgan fingerprint density at radius 3 is 2.78 bits per heavy atom. The van der Waals surface area contributed by atoms with Gasteiger partial charge in [-0.1, -0.05) is 20.8 Å². The number of aromatic nitrogens is 6. The van der Waals surface area contributed by atoms with Crippen molar-refractivity contribution in [2.75, 3.05) is 18.5 Å². The Kier molecular flexibility index (Phi) is 6.45. The topological polar surface area (TPSA) is 109 Å². The summed E-state index contributed by atoms with van der Waals surface area (Å²) < 4.78 is 15.8. The number of carbonyl (C=O) groups is 1. The van der Waals surface area contributed by atoms with E-state index in [0.717, 1.165) is 35.6 Å². The summed E-state index contributed by atoms with van der Waals surface area (Å²) in [6, 6.07) is 5.87. The van der Waals surface area contributed by atoms with Gasteiger partial charge in [0.05, 0.1) is 30.1 Å². The van der Waals surface area contributed by atoms with Gasteiger partial charge in [0.25, 0.3) is 0 Å². The number of nitrogens with zero attached hydrogens (tertiary/aromatic N) is 6. The zero-order valence-electron chi connectivity index (χ0n) is 22.2. The third kappa shape index (κ3) is 5.06. The van der Waals surface area contributed by atoms with Gasteiger partial charge in [0, 0.05) is 55.1 Å². The van der Waals surface area contributed by atoms with E-state index < -0.39 is 0 Å². The third-order valence-electron chi connectivity index (χ3n) is 6.55. The van der Waals surface area contributed by atoms with Crippen LogP contribution in [0.1, 0.15) is 57.1 Å². The van der Waals surface area contributed by atoms with Gasteiger partial charge in [-0.15, -0.1) is 0 Å². The van der Waals surface area contributed by atoms with Gasteiger partial charge in [0.1, 0.15) is 11.5 Å². The number of rotatable bonds is 7. The van der Waals surface area contributed by atoms with Gasteiger partial charge in [-0.25, -0.2) is 4.98 Å². The summed E-state index contributed by atoms with van der Waals surface area (Å²) in [6.07, 6.45) is 4.54. The van der Waals surface area contributed by atoms with Crippen LogP contribution in [0.4, 0.5) is 11.8 Å². The standard InChI is InChI=1S/C27H33N7O3/c1-16(35)11-18-12-20(7-9-28-18)37-21-14-29-25-24(17(21)2)33(6)26(31-25)30-23-13-22(27(3,4)5)34(32-23)19-8-10-36-15-19/h7,9,12-14,19H,8,10-11,15H2,1-6H3,(H,29,30,31,32)/t19-/m1/s1. The molecule has 4 aromatic rings. The first kappa shape index (κ1) is 24.9. The zero-order valence-corrected chi connectivity index (χ0v) is 22.2. The average molecular weight is 504 g/mol. The first-order chi connectivity index (χ1) is 17.6. The molecule has 1 atom stereocenters. The lowest BCUT2D eigenvalue weighted by Gasteiger charge is -2.22. The lowest BCUT2D eigenvalue weighted by Crippen LogP contribution is -2.22. The highest BCUT2D eigenvalue weighted by Gasteiger charge is 2.28. The van der Waals surface area contributed by atoms with E-state index >= 15 is 0 Å². The number of ketones is 1. The van der Waals surface area contributed by atoms with E-state index in [-0.39, 0.29) is 23.7 Å². The van der Waals surface area contributed by atoms with Crippen LogP contribution in [0.2, 0.25) is 0 Å². The number of hydrogen-bond acceptors (Lipinski definition) is 8. The number of carbonyl (C=O) groups excluding carboxylic acids is 1. The Balaban J connectivity index is 1.44. The smallest absolute Gasteiger partial charge is 0.210 e. The number of nitrogens with one attached hydrogen (secondary N) is 1. The van der Waals surface area contributed by atoms with Crippen molar-refractivity contribution >= 4 is 28.7 Å². The van der Waals surface area contributed by atoms with E-state index in [1.807, 2.05) is 18.5 Å². The van der Waals surface area contributed by atoms with Crippen LogP contribution in [0.5, 0.6) is 11.5 Å². The molecule has 1 fully saturated rings. The normalized spacial score (nSPS) is 15.9. The molecule has 0 unspecified atom stereocenters. The molecule has 4 aromatic heterocycles. The molecular formula is C27H33N7O3. The second-order valence-electron chi connectivity index (χ2n) is 10.6. The average Bonchev–Trinajstić information content (AvgIpc) is 3.55. The first-order valence-electron chi connectivity index (χ1n) is 12.5. The summed E-state index contributed by atoms with van der Waals surface area (Å²) in [5, 5.41) is 8.29. The summed E-state index contributed by atoms with van der Waals surface area (Å²) in [5.41, 5.74) is 4.13. The van der Waals surface area contributed by atoms with Gasteiger partial charge >= 0.3 is 0 Å². The van der Waals surface area contributed by atoms with Crippen molar-refractivity contribution in [3.8, 4) is 11.5 Å². The van der Waals surface area contributed by atoms with E-state index in [2.05, 4.69) is 46.8 Å². The fourth-order valence-electron chi connectivity index (χ4n) is 4.66. The zero-order chi connectivity index (χ0) is 26.3. The van der Waals surface area contributed by atoms with Crippen molar-refractivity contribution in [3.05, 3.63) is 47.5 Å². The Morgan fingerprint density at radius 1 is 1.27 bits per heavy atom.